The second kappa shape index (κ2) is 8.64. The van der Waals surface area contributed by atoms with Crippen LogP contribution in [0.3, 0.4) is 0 Å². The molecule has 5 nitrogen and oxygen atoms in total. The molecular formula is C21H29NO4S. The van der Waals surface area contributed by atoms with Gasteiger partial charge in [-0.2, -0.15) is 0 Å². The van der Waals surface area contributed by atoms with Crippen molar-refractivity contribution in [3.05, 3.63) is 15.8 Å². The van der Waals surface area contributed by atoms with Crippen molar-refractivity contribution in [1.29, 1.82) is 0 Å². The third-order valence-electron chi connectivity index (χ3n) is 4.79. The van der Waals surface area contributed by atoms with E-state index in [0.717, 1.165) is 43.6 Å². The zero-order valence-electron chi connectivity index (χ0n) is 16.3. The summed E-state index contributed by atoms with van der Waals surface area (Å²) < 4.78 is 11.5. The van der Waals surface area contributed by atoms with Crippen LogP contribution in [0.5, 0.6) is 0 Å². The van der Waals surface area contributed by atoms with E-state index in [1.165, 1.54) is 11.3 Å². The quantitative estimate of drug-likeness (QED) is 0.730. The zero-order chi connectivity index (χ0) is 19.4. The van der Waals surface area contributed by atoms with E-state index in [1.54, 1.807) is 0 Å². The number of nitrogens with one attached hydrogen (secondary N) is 1. The van der Waals surface area contributed by atoms with Crippen LogP contribution in [0.15, 0.2) is 6.07 Å². The summed E-state index contributed by atoms with van der Waals surface area (Å²) in [7, 11) is 0. The molecule has 0 aromatic carbocycles. The molecule has 0 bridgehead atoms. The van der Waals surface area contributed by atoms with Gasteiger partial charge in [0, 0.05) is 18.1 Å². The van der Waals surface area contributed by atoms with Crippen molar-refractivity contribution in [2.75, 3.05) is 18.5 Å². The van der Waals surface area contributed by atoms with Crippen LogP contribution in [0.25, 0.3) is 0 Å². The Kier molecular flexibility index (Phi) is 6.46. The molecule has 1 aromatic rings. The van der Waals surface area contributed by atoms with Gasteiger partial charge in [-0.05, 0) is 58.9 Å². The Bertz CT molecular complexity index is 711. The van der Waals surface area contributed by atoms with Gasteiger partial charge in [0.05, 0.1) is 29.4 Å². The summed E-state index contributed by atoms with van der Waals surface area (Å²) in [5.74, 6) is 5.39. The van der Waals surface area contributed by atoms with Crippen LogP contribution in [0.1, 0.15) is 67.4 Å². The summed E-state index contributed by atoms with van der Waals surface area (Å²) >= 11 is 1.24. The van der Waals surface area contributed by atoms with Crippen LogP contribution in [-0.2, 0) is 9.47 Å². The fourth-order valence-electron chi connectivity index (χ4n) is 3.42. The van der Waals surface area contributed by atoms with Crippen molar-refractivity contribution in [3.63, 3.8) is 0 Å². The number of carboxylic acid groups (broad SMARTS) is 1. The van der Waals surface area contributed by atoms with Crippen LogP contribution >= 0.6 is 11.3 Å². The summed E-state index contributed by atoms with van der Waals surface area (Å²) in [5.41, 5.74) is 0.586. The van der Waals surface area contributed by atoms with Crippen LogP contribution in [0, 0.1) is 17.3 Å². The lowest BCUT2D eigenvalue weighted by Gasteiger charge is -2.31. The molecule has 2 N–H and O–H groups in total. The standard InChI is InChI=1S/C21H29NO4S/c1-21(2,3)10-8-17-12-18(19(27-17)20(23)24)22-14-4-6-15(7-5-14)26-16-9-11-25-13-16/h12,14-16,22H,4-7,9,11,13H2,1-3H3,(H,23,24). The number of hydrogen-bond acceptors (Lipinski definition) is 5. The SMILES string of the molecule is CC(C)(C)C#Cc1cc(NC2CCC(OC3CCOC3)CC2)c(C(=O)O)s1. The van der Waals surface area contributed by atoms with E-state index in [-0.39, 0.29) is 17.6 Å². The Hall–Kier alpha value is -1.55. The Balaban J connectivity index is 1.59. The molecule has 0 radical (unpaired) electrons. The first kappa shape index (κ1) is 20.2. The monoisotopic (exact) mass is 391 g/mol. The van der Waals surface area contributed by atoms with Gasteiger partial charge in [-0.15, -0.1) is 11.3 Å². The first-order valence-electron chi connectivity index (χ1n) is 9.70. The van der Waals surface area contributed by atoms with Crippen molar-refractivity contribution in [3.8, 4) is 11.8 Å². The zero-order valence-corrected chi connectivity index (χ0v) is 17.2. The van der Waals surface area contributed by atoms with E-state index in [2.05, 4.69) is 17.2 Å². The summed E-state index contributed by atoms with van der Waals surface area (Å²) in [6, 6.07) is 2.16. The maximum Gasteiger partial charge on any atom is 0.348 e. The predicted octanol–water partition coefficient (Wildman–Crippen LogP) is 4.37. The molecular weight excluding hydrogens is 362 g/mol. The average Bonchev–Trinajstić information content (AvgIpc) is 3.24. The van der Waals surface area contributed by atoms with E-state index in [1.807, 2.05) is 26.8 Å². The summed E-state index contributed by atoms with van der Waals surface area (Å²) in [5, 5.41) is 13.0. The second-order valence-corrected chi connectivity index (χ2v) is 9.45. The van der Waals surface area contributed by atoms with Gasteiger partial charge in [0.2, 0.25) is 0 Å². The van der Waals surface area contributed by atoms with Crippen molar-refractivity contribution >= 4 is 23.0 Å². The average molecular weight is 392 g/mol. The topological polar surface area (TPSA) is 67.8 Å². The maximum absolute atomic E-state index is 11.6. The third kappa shape index (κ3) is 5.97. The van der Waals surface area contributed by atoms with Gasteiger partial charge >= 0.3 is 5.97 Å². The minimum absolute atomic E-state index is 0.107. The molecule has 0 amide bonds. The summed E-state index contributed by atoms with van der Waals surface area (Å²) in [4.78, 5) is 12.8. The number of hydrogen-bond donors (Lipinski definition) is 2. The molecule has 2 fully saturated rings. The Morgan fingerprint density at radius 2 is 2.00 bits per heavy atom. The fraction of sp³-hybridized carbons (Fsp3) is 0.667. The number of anilines is 1. The number of carbonyl (C=O) groups is 1. The van der Waals surface area contributed by atoms with Crippen molar-refractivity contribution in [2.24, 2.45) is 5.41 Å². The Labute approximate surface area is 165 Å². The van der Waals surface area contributed by atoms with E-state index in [4.69, 9.17) is 9.47 Å². The van der Waals surface area contributed by atoms with Gasteiger partial charge in [-0.3, -0.25) is 0 Å². The van der Waals surface area contributed by atoms with Gasteiger partial charge in [0.25, 0.3) is 0 Å². The van der Waals surface area contributed by atoms with Crippen LogP contribution in [0.4, 0.5) is 5.69 Å². The highest BCUT2D eigenvalue weighted by Gasteiger charge is 2.27. The first-order chi connectivity index (χ1) is 12.8. The minimum atomic E-state index is -0.899. The fourth-order valence-corrected chi connectivity index (χ4v) is 4.24. The van der Waals surface area contributed by atoms with E-state index < -0.39 is 5.97 Å². The first-order valence-corrected chi connectivity index (χ1v) is 10.5. The van der Waals surface area contributed by atoms with E-state index in [9.17, 15) is 9.90 Å². The van der Waals surface area contributed by atoms with Crippen molar-refractivity contribution in [1.82, 2.24) is 0 Å². The van der Waals surface area contributed by atoms with Crippen LogP contribution in [-0.4, -0.2) is 42.5 Å². The highest BCUT2D eigenvalue weighted by molar-refractivity contribution is 7.15. The third-order valence-corrected chi connectivity index (χ3v) is 5.83. The van der Waals surface area contributed by atoms with Crippen LogP contribution in [0.2, 0.25) is 0 Å². The van der Waals surface area contributed by atoms with Gasteiger partial charge in [-0.25, -0.2) is 4.79 Å². The predicted molar refractivity (Wildman–Crippen MR) is 108 cm³/mol. The molecule has 1 atom stereocenters. The second-order valence-electron chi connectivity index (χ2n) is 8.40. The lowest BCUT2D eigenvalue weighted by Crippen LogP contribution is -2.32. The van der Waals surface area contributed by atoms with Crippen molar-refractivity contribution < 1.29 is 19.4 Å². The van der Waals surface area contributed by atoms with Gasteiger partial charge in [0.15, 0.2) is 0 Å². The Morgan fingerprint density at radius 1 is 1.26 bits per heavy atom. The normalized spacial score (nSPS) is 25.7. The lowest BCUT2D eigenvalue weighted by atomic mass is 9.92. The molecule has 148 valence electrons. The molecule has 1 aliphatic heterocycles. The lowest BCUT2D eigenvalue weighted by molar-refractivity contribution is -0.0331. The maximum atomic E-state index is 11.6. The van der Waals surface area contributed by atoms with Crippen LogP contribution < -0.4 is 5.32 Å². The molecule has 0 spiro atoms. The van der Waals surface area contributed by atoms with Gasteiger partial charge < -0.3 is 19.9 Å². The number of rotatable bonds is 5. The molecule has 1 unspecified atom stereocenters. The highest BCUT2D eigenvalue weighted by atomic mass is 32.1. The van der Waals surface area contributed by atoms with Gasteiger partial charge in [0.1, 0.15) is 4.88 Å². The molecule has 1 aliphatic carbocycles. The largest absolute Gasteiger partial charge is 0.477 e. The molecule has 1 saturated carbocycles. The van der Waals surface area contributed by atoms with Gasteiger partial charge in [-0.1, -0.05) is 11.8 Å². The molecule has 1 aromatic heterocycles. The molecule has 1 saturated heterocycles. The Morgan fingerprint density at radius 3 is 2.59 bits per heavy atom. The number of ether oxygens (including phenoxy) is 2. The summed E-state index contributed by atoms with van der Waals surface area (Å²) in [6.07, 6.45) is 5.50. The van der Waals surface area contributed by atoms with Crippen molar-refractivity contribution in [2.45, 2.75) is 71.1 Å². The minimum Gasteiger partial charge on any atom is -0.477 e. The number of carboxylic acids is 1. The number of aromatic carboxylic acids is 1. The molecule has 2 heterocycles. The summed E-state index contributed by atoms with van der Waals surface area (Å²) in [6.45, 7) is 7.65. The van der Waals surface area contributed by atoms with E-state index >= 15 is 0 Å². The smallest absolute Gasteiger partial charge is 0.348 e. The molecule has 3 rings (SSSR count). The molecule has 27 heavy (non-hydrogen) atoms. The molecule has 2 aliphatic rings. The highest BCUT2D eigenvalue weighted by Crippen LogP contribution is 2.31. The molecule has 6 heteroatoms. The number of thiophene rings is 1. The van der Waals surface area contributed by atoms with E-state index in [0.29, 0.717) is 23.3 Å².